The van der Waals surface area contributed by atoms with Crippen LogP contribution < -0.4 is 0 Å². The van der Waals surface area contributed by atoms with Crippen molar-refractivity contribution in [3.63, 3.8) is 0 Å². The van der Waals surface area contributed by atoms with Gasteiger partial charge in [-0.1, -0.05) is 24.6 Å². The van der Waals surface area contributed by atoms with E-state index in [9.17, 15) is 4.79 Å². The highest BCUT2D eigenvalue weighted by atomic mass is 16.1. The summed E-state index contributed by atoms with van der Waals surface area (Å²) in [5.74, 6) is 0.362. The molecule has 0 radical (unpaired) electrons. The number of carbonyl (C=O) groups excluding carboxylic acids is 1. The van der Waals surface area contributed by atoms with Crippen LogP contribution in [0, 0.1) is 6.92 Å². The zero-order valence-corrected chi connectivity index (χ0v) is 9.18. The number of benzene rings is 1. The third kappa shape index (κ3) is 1.12. The van der Waals surface area contributed by atoms with Gasteiger partial charge in [-0.3, -0.25) is 4.79 Å². The molecule has 1 fully saturated rings. The minimum Gasteiger partial charge on any atom is -0.294 e. The normalized spacial score (nSPS) is 22.3. The molecular formula is C14H16O. The molecule has 2 aliphatic rings. The van der Waals surface area contributed by atoms with Crippen molar-refractivity contribution in [1.82, 2.24) is 0 Å². The summed E-state index contributed by atoms with van der Waals surface area (Å²) in [6, 6.07) is 6.35. The second-order valence-corrected chi connectivity index (χ2v) is 5.05. The molecule has 15 heavy (non-hydrogen) atoms. The molecule has 1 nitrogen and oxygen atoms in total. The van der Waals surface area contributed by atoms with Gasteiger partial charge in [0.1, 0.15) is 0 Å². The molecule has 3 rings (SSSR count). The van der Waals surface area contributed by atoms with E-state index < -0.39 is 0 Å². The summed E-state index contributed by atoms with van der Waals surface area (Å²) < 4.78 is 0. The topological polar surface area (TPSA) is 17.1 Å². The van der Waals surface area contributed by atoms with Crippen LogP contribution in [-0.2, 0) is 5.41 Å². The van der Waals surface area contributed by atoms with Gasteiger partial charge in [-0.2, -0.15) is 0 Å². The Balaban J connectivity index is 2.21. The summed E-state index contributed by atoms with van der Waals surface area (Å²) >= 11 is 0. The van der Waals surface area contributed by atoms with Crippen molar-refractivity contribution in [2.75, 3.05) is 0 Å². The lowest BCUT2D eigenvalue weighted by atomic mass is 9.58. The maximum atomic E-state index is 11.9. The molecule has 0 bridgehead atoms. The molecule has 0 aliphatic heterocycles. The van der Waals surface area contributed by atoms with Gasteiger partial charge < -0.3 is 0 Å². The Morgan fingerprint density at radius 1 is 1.20 bits per heavy atom. The van der Waals surface area contributed by atoms with Crippen molar-refractivity contribution < 1.29 is 4.79 Å². The second-order valence-electron chi connectivity index (χ2n) is 5.05. The molecule has 0 aromatic heterocycles. The molecule has 0 N–H and O–H groups in total. The average Bonchev–Trinajstić information content (AvgIpc) is 2.16. The number of ketones is 1. The van der Waals surface area contributed by atoms with E-state index in [0.29, 0.717) is 11.2 Å². The van der Waals surface area contributed by atoms with E-state index in [1.807, 2.05) is 0 Å². The van der Waals surface area contributed by atoms with Crippen molar-refractivity contribution >= 4 is 5.78 Å². The number of hydrogen-bond acceptors (Lipinski definition) is 1. The van der Waals surface area contributed by atoms with Crippen LogP contribution in [0.5, 0.6) is 0 Å². The van der Waals surface area contributed by atoms with Crippen LogP contribution >= 0.6 is 0 Å². The minimum atomic E-state index is 0.362. The molecule has 78 valence electrons. The van der Waals surface area contributed by atoms with Gasteiger partial charge in [-0.15, -0.1) is 0 Å². The minimum absolute atomic E-state index is 0.362. The SMILES string of the molecule is Cc1cccc2c1C(=O)CCC21CCC1. The van der Waals surface area contributed by atoms with Gasteiger partial charge in [0, 0.05) is 12.0 Å². The summed E-state index contributed by atoms with van der Waals surface area (Å²) in [5, 5.41) is 0. The third-order valence-electron chi connectivity index (χ3n) is 4.26. The first-order valence-electron chi connectivity index (χ1n) is 5.86. The maximum absolute atomic E-state index is 11.9. The van der Waals surface area contributed by atoms with Gasteiger partial charge in [-0.05, 0) is 42.7 Å². The lowest BCUT2D eigenvalue weighted by Gasteiger charge is -2.46. The highest BCUT2D eigenvalue weighted by Gasteiger charge is 2.43. The van der Waals surface area contributed by atoms with E-state index in [1.165, 1.54) is 30.4 Å². The predicted octanol–water partition coefficient (Wildman–Crippen LogP) is 3.39. The zero-order valence-electron chi connectivity index (χ0n) is 9.18. The molecule has 0 unspecified atom stereocenters. The van der Waals surface area contributed by atoms with E-state index in [-0.39, 0.29) is 0 Å². The Kier molecular flexibility index (Phi) is 1.79. The number of fused-ring (bicyclic) bond motifs is 2. The Morgan fingerprint density at radius 2 is 2.00 bits per heavy atom. The van der Waals surface area contributed by atoms with E-state index in [0.717, 1.165) is 18.4 Å². The fourth-order valence-corrected chi connectivity index (χ4v) is 3.22. The first-order chi connectivity index (χ1) is 7.23. The van der Waals surface area contributed by atoms with Crippen LogP contribution in [0.3, 0.4) is 0 Å². The summed E-state index contributed by atoms with van der Waals surface area (Å²) in [7, 11) is 0. The van der Waals surface area contributed by atoms with Gasteiger partial charge in [0.25, 0.3) is 0 Å². The molecule has 0 saturated heterocycles. The molecule has 1 spiro atoms. The first-order valence-corrected chi connectivity index (χ1v) is 5.86. The highest BCUT2D eigenvalue weighted by molar-refractivity contribution is 6.00. The highest BCUT2D eigenvalue weighted by Crippen LogP contribution is 2.51. The van der Waals surface area contributed by atoms with Gasteiger partial charge in [0.15, 0.2) is 5.78 Å². The molecule has 0 atom stereocenters. The van der Waals surface area contributed by atoms with Crippen LogP contribution in [0.4, 0.5) is 0 Å². The van der Waals surface area contributed by atoms with Crippen molar-refractivity contribution in [2.45, 2.75) is 44.4 Å². The van der Waals surface area contributed by atoms with Crippen LogP contribution in [0.15, 0.2) is 18.2 Å². The van der Waals surface area contributed by atoms with E-state index in [4.69, 9.17) is 0 Å². The Bertz CT molecular complexity index is 427. The summed E-state index contributed by atoms with van der Waals surface area (Å²) in [6.45, 7) is 2.06. The lowest BCUT2D eigenvalue weighted by Crippen LogP contribution is -2.39. The molecule has 1 aromatic carbocycles. The van der Waals surface area contributed by atoms with E-state index in [2.05, 4.69) is 25.1 Å². The lowest BCUT2D eigenvalue weighted by molar-refractivity contribution is 0.0919. The zero-order chi connectivity index (χ0) is 10.5. The number of Topliss-reactive ketones (excluding diaryl/α,β-unsaturated/α-hetero) is 1. The smallest absolute Gasteiger partial charge is 0.163 e. The largest absolute Gasteiger partial charge is 0.294 e. The van der Waals surface area contributed by atoms with E-state index >= 15 is 0 Å². The number of carbonyl (C=O) groups is 1. The standard InChI is InChI=1S/C14H16O/c1-10-4-2-5-11-13(10)12(15)6-9-14(11)7-3-8-14/h2,4-5H,3,6-9H2,1H3. The molecule has 1 heteroatoms. The average molecular weight is 200 g/mol. The molecule has 0 heterocycles. The van der Waals surface area contributed by atoms with Crippen LogP contribution in [0.1, 0.15) is 53.6 Å². The Labute approximate surface area is 90.5 Å². The van der Waals surface area contributed by atoms with Crippen molar-refractivity contribution in [2.24, 2.45) is 0 Å². The van der Waals surface area contributed by atoms with E-state index in [1.54, 1.807) is 0 Å². The second kappa shape index (κ2) is 2.94. The molecule has 2 aliphatic carbocycles. The van der Waals surface area contributed by atoms with Crippen molar-refractivity contribution in [3.8, 4) is 0 Å². The maximum Gasteiger partial charge on any atom is 0.163 e. The summed E-state index contributed by atoms with van der Waals surface area (Å²) in [4.78, 5) is 11.9. The van der Waals surface area contributed by atoms with Crippen molar-refractivity contribution in [1.29, 1.82) is 0 Å². The van der Waals surface area contributed by atoms with Crippen LogP contribution in [0.25, 0.3) is 0 Å². The molecular weight excluding hydrogens is 184 g/mol. The predicted molar refractivity (Wildman–Crippen MR) is 60.3 cm³/mol. The first kappa shape index (κ1) is 9.14. The quantitative estimate of drug-likeness (QED) is 0.627. The number of aryl methyl sites for hydroxylation is 1. The molecule has 1 aromatic rings. The molecule has 1 saturated carbocycles. The number of rotatable bonds is 0. The van der Waals surface area contributed by atoms with Gasteiger partial charge in [0.05, 0.1) is 0 Å². The number of hydrogen-bond donors (Lipinski definition) is 0. The van der Waals surface area contributed by atoms with Gasteiger partial charge >= 0.3 is 0 Å². The fourth-order valence-electron chi connectivity index (χ4n) is 3.22. The monoisotopic (exact) mass is 200 g/mol. The van der Waals surface area contributed by atoms with Gasteiger partial charge in [0.2, 0.25) is 0 Å². The van der Waals surface area contributed by atoms with Crippen LogP contribution in [0.2, 0.25) is 0 Å². The summed E-state index contributed by atoms with van der Waals surface area (Å²) in [6.07, 6.45) is 5.76. The van der Waals surface area contributed by atoms with Gasteiger partial charge in [-0.25, -0.2) is 0 Å². The van der Waals surface area contributed by atoms with Crippen molar-refractivity contribution in [3.05, 3.63) is 34.9 Å². The third-order valence-corrected chi connectivity index (χ3v) is 4.26. The summed E-state index contributed by atoms with van der Waals surface area (Å²) in [5.41, 5.74) is 3.95. The molecule has 0 amide bonds. The Hall–Kier alpha value is -1.11. The van der Waals surface area contributed by atoms with Crippen LogP contribution in [-0.4, -0.2) is 5.78 Å². The fraction of sp³-hybridized carbons (Fsp3) is 0.500. The Morgan fingerprint density at radius 3 is 2.67 bits per heavy atom.